The van der Waals surface area contributed by atoms with Gasteiger partial charge in [-0.05, 0) is 6.42 Å². The second-order valence-electron chi connectivity index (χ2n) is 4.15. The van der Waals surface area contributed by atoms with Crippen LogP contribution < -0.4 is 0 Å². The van der Waals surface area contributed by atoms with Crippen molar-refractivity contribution in [1.82, 2.24) is 0 Å². The number of rotatable bonds is 9. The zero-order chi connectivity index (χ0) is 13.4. The molecular weight excluding hydrogens is 319 g/mol. The molecule has 0 aromatic heterocycles. The zero-order valence-corrected chi connectivity index (χ0v) is 15.0. The number of hydrogen-bond acceptors (Lipinski definition) is 2. The van der Waals surface area contributed by atoms with Gasteiger partial charge in [0.2, 0.25) is 0 Å². The Morgan fingerprint density at radius 3 is 1.76 bits per heavy atom. The molecule has 0 aliphatic rings. The second kappa shape index (κ2) is 18.6. The van der Waals surface area contributed by atoms with Crippen molar-refractivity contribution >= 4 is 27.1 Å². The Hall–Kier alpha value is 0.269. The van der Waals surface area contributed by atoms with Crippen molar-refractivity contribution < 1.29 is 9.53 Å². The summed E-state index contributed by atoms with van der Waals surface area (Å²) in [6.45, 7) is 8.64. The van der Waals surface area contributed by atoms with E-state index < -0.39 is 0 Å². The van der Waals surface area contributed by atoms with Crippen molar-refractivity contribution in [3.8, 4) is 0 Å². The second-order valence-corrected chi connectivity index (χ2v) is 8.43. The maximum absolute atomic E-state index is 10.1. The van der Waals surface area contributed by atoms with Crippen LogP contribution in [0.15, 0.2) is 0 Å². The average Bonchev–Trinajstić information content (AvgIpc) is 2.30. The molecule has 0 rings (SSSR count). The molecule has 0 spiro atoms. The molecule has 0 aliphatic heterocycles. The first-order chi connectivity index (χ1) is 8.18. The molecule has 0 N–H and O–H groups in total. The molecule has 0 saturated carbocycles. The van der Waals surface area contributed by atoms with E-state index in [1.807, 2.05) is 0 Å². The van der Waals surface area contributed by atoms with Crippen LogP contribution in [0, 0.1) is 0 Å². The summed E-state index contributed by atoms with van der Waals surface area (Å²) < 4.78 is 7.89. The van der Waals surface area contributed by atoms with Gasteiger partial charge in [0.05, 0.1) is 6.61 Å². The van der Waals surface area contributed by atoms with Crippen LogP contribution in [-0.2, 0) is 9.53 Å². The summed E-state index contributed by atoms with van der Waals surface area (Å²) >= 11 is 0.149. The molecule has 0 fully saturated rings. The molecule has 2 nitrogen and oxygen atoms in total. The Morgan fingerprint density at radius 1 is 0.941 bits per heavy atom. The van der Waals surface area contributed by atoms with Gasteiger partial charge in [0.1, 0.15) is 0 Å². The van der Waals surface area contributed by atoms with Gasteiger partial charge in [-0.15, -0.1) is 0 Å². The van der Waals surface area contributed by atoms with Crippen molar-refractivity contribution in [3.63, 3.8) is 0 Å². The number of unbranched alkanes of at least 4 members (excludes halogenated alkanes) is 3. The summed E-state index contributed by atoms with van der Waals surface area (Å²) in [6, 6.07) is 0. The molecule has 2 radical (unpaired) electrons. The fourth-order valence-electron chi connectivity index (χ4n) is 1.09. The predicted molar refractivity (Wildman–Crippen MR) is 76.7 cm³/mol. The molecule has 0 amide bonds. The van der Waals surface area contributed by atoms with Crippen LogP contribution >= 0.6 is 0 Å². The van der Waals surface area contributed by atoms with Crippen LogP contribution in [0.4, 0.5) is 0 Å². The quantitative estimate of drug-likeness (QED) is 0.349. The molecular formula is C14H30O2Sn. The Balaban J connectivity index is 0. The number of carbonyl (C=O) groups is 1. The number of carbonyl (C=O) groups excluding carboxylic acids is 1. The van der Waals surface area contributed by atoms with Crippen LogP contribution in [0.2, 0.25) is 8.87 Å². The Labute approximate surface area is 118 Å². The van der Waals surface area contributed by atoms with Crippen LogP contribution in [0.3, 0.4) is 0 Å². The third kappa shape index (κ3) is 26.1. The SMILES string of the molecule is CCCCOC(C)=O.CCC[CH2][Sn][CH2]CCC. The zero-order valence-electron chi connectivity index (χ0n) is 12.2. The molecule has 3 heteroatoms. The third-order valence-corrected chi connectivity index (χ3v) is 6.25. The van der Waals surface area contributed by atoms with Gasteiger partial charge in [0.25, 0.3) is 0 Å². The minimum absolute atomic E-state index is 0.149. The van der Waals surface area contributed by atoms with Gasteiger partial charge in [-0.2, -0.15) is 0 Å². The summed E-state index contributed by atoms with van der Waals surface area (Å²) in [5.74, 6) is -0.182. The summed E-state index contributed by atoms with van der Waals surface area (Å²) in [5.41, 5.74) is 0. The number of ether oxygens (including phenoxy) is 1. The average molecular weight is 349 g/mol. The van der Waals surface area contributed by atoms with Crippen LogP contribution in [0.5, 0.6) is 0 Å². The van der Waals surface area contributed by atoms with Gasteiger partial charge in [0.15, 0.2) is 0 Å². The summed E-state index contributed by atoms with van der Waals surface area (Å²) in [6.07, 6.45) is 7.89. The molecule has 0 atom stereocenters. The van der Waals surface area contributed by atoms with Gasteiger partial charge in [-0.3, -0.25) is 4.79 Å². The van der Waals surface area contributed by atoms with Crippen molar-refractivity contribution in [2.75, 3.05) is 6.61 Å². The standard InChI is InChI=1S/C6H12O2.2C4H9.Sn/c1-3-4-5-8-6(2)7;2*1-3-4-2;/h3-5H2,1-2H3;2*1,3-4H2,2H3;. The van der Waals surface area contributed by atoms with E-state index in [0.29, 0.717) is 6.61 Å². The van der Waals surface area contributed by atoms with E-state index in [9.17, 15) is 4.79 Å². The van der Waals surface area contributed by atoms with Crippen molar-refractivity contribution in [2.45, 2.75) is 75.1 Å². The molecule has 102 valence electrons. The van der Waals surface area contributed by atoms with Crippen LogP contribution in [0.25, 0.3) is 0 Å². The summed E-state index contributed by atoms with van der Waals surface area (Å²) in [7, 11) is 0. The van der Waals surface area contributed by atoms with Crippen molar-refractivity contribution in [1.29, 1.82) is 0 Å². The van der Waals surface area contributed by atoms with Crippen LogP contribution in [0.1, 0.15) is 66.2 Å². The monoisotopic (exact) mass is 350 g/mol. The van der Waals surface area contributed by atoms with E-state index in [1.165, 1.54) is 32.6 Å². The predicted octanol–water partition coefficient (Wildman–Crippen LogP) is 4.48. The summed E-state index contributed by atoms with van der Waals surface area (Å²) in [5, 5.41) is 0. The van der Waals surface area contributed by atoms with Crippen molar-refractivity contribution in [3.05, 3.63) is 0 Å². The number of hydrogen-bond donors (Lipinski definition) is 0. The molecule has 0 aromatic rings. The van der Waals surface area contributed by atoms with E-state index in [2.05, 4.69) is 25.5 Å². The van der Waals surface area contributed by atoms with Gasteiger partial charge in [-0.1, -0.05) is 13.3 Å². The van der Waals surface area contributed by atoms with Gasteiger partial charge in [0, 0.05) is 6.92 Å². The van der Waals surface area contributed by atoms with E-state index in [1.54, 1.807) is 8.87 Å². The third-order valence-electron chi connectivity index (χ3n) is 2.22. The Morgan fingerprint density at radius 2 is 1.41 bits per heavy atom. The summed E-state index contributed by atoms with van der Waals surface area (Å²) in [4.78, 5) is 10.1. The van der Waals surface area contributed by atoms with E-state index in [4.69, 9.17) is 0 Å². The molecule has 0 saturated heterocycles. The van der Waals surface area contributed by atoms with E-state index in [-0.39, 0.29) is 27.1 Å². The van der Waals surface area contributed by atoms with Crippen LogP contribution in [-0.4, -0.2) is 33.7 Å². The first-order valence-electron chi connectivity index (χ1n) is 7.03. The first-order valence-corrected chi connectivity index (χ1v) is 11.1. The fraction of sp³-hybridized carbons (Fsp3) is 0.929. The van der Waals surface area contributed by atoms with Gasteiger partial charge >= 0.3 is 75.5 Å². The molecule has 0 bridgehead atoms. The van der Waals surface area contributed by atoms with E-state index >= 15 is 0 Å². The van der Waals surface area contributed by atoms with Crippen molar-refractivity contribution in [2.24, 2.45) is 0 Å². The first kappa shape index (κ1) is 19.6. The molecule has 0 unspecified atom stereocenters. The Kier molecular flexibility index (Phi) is 21.5. The fourth-order valence-corrected chi connectivity index (χ4v) is 5.25. The topological polar surface area (TPSA) is 26.3 Å². The number of esters is 1. The molecule has 0 aliphatic carbocycles. The molecule has 0 heterocycles. The maximum atomic E-state index is 10.1. The van der Waals surface area contributed by atoms with Gasteiger partial charge in [-0.25, -0.2) is 0 Å². The normalized spacial score (nSPS) is 9.41. The molecule has 0 aromatic carbocycles. The van der Waals surface area contributed by atoms with E-state index in [0.717, 1.165) is 12.8 Å². The van der Waals surface area contributed by atoms with Gasteiger partial charge < -0.3 is 4.74 Å². The minimum atomic E-state index is -0.182. The Bertz CT molecular complexity index is 143. The molecule has 17 heavy (non-hydrogen) atoms.